The topological polar surface area (TPSA) is 0 Å². The van der Waals surface area contributed by atoms with Crippen LogP contribution >= 0.6 is 0 Å². The van der Waals surface area contributed by atoms with E-state index < -0.39 is 0 Å². The van der Waals surface area contributed by atoms with Gasteiger partial charge in [0.1, 0.15) is 0 Å². The Morgan fingerprint density at radius 3 is 1.79 bits per heavy atom. The molecule has 0 N–H and O–H groups in total. The van der Waals surface area contributed by atoms with Crippen molar-refractivity contribution in [2.24, 2.45) is 27.6 Å². The number of benzene rings is 3. The number of hydrogen-bond donors (Lipinski definition) is 0. The summed E-state index contributed by atoms with van der Waals surface area (Å²) in [4.78, 5) is 0. The number of allylic oxidation sites excluding steroid dienone is 6. The first kappa shape index (κ1) is 42.0. The van der Waals surface area contributed by atoms with Gasteiger partial charge < -0.3 is 24.8 Å². The van der Waals surface area contributed by atoms with Crippen molar-refractivity contribution in [1.29, 1.82) is 0 Å². The Morgan fingerprint density at radius 2 is 1.27 bits per heavy atom. The molecule has 272 valence electrons. The molecule has 0 aliphatic heterocycles. The molecule has 8 rings (SSSR count). The molecule has 0 heterocycles. The van der Waals surface area contributed by atoms with Crippen LogP contribution in [-0.2, 0) is 26.4 Å². The van der Waals surface area contributed by atoms with Crippen molar-refractivity contribution in [2.45, 2.75) is 88.5 Å². The van der Waals surface area contributed by atoms with Crippen molar-refractivity contribution >= 4 is 9.38 Å². The molecular formula is C49H56Cl2Ti-2. The zero-order valence-corrected chi connectivity index (χ0v) is 36.0. The normalized spacial score (nSPS) is 22.5. The minimum Gasteiger partial charge on any atom is -1.00 e. The van der Waals surface area contributed by atoms with Crippen molar-refractivity contribution in [2.75, 3.05) is 0 Å². The van der Waals surface area contributed by atoms with Crippen molar-refractivity contribution in [3.05, 3.63) is 171 Å². The van der Waals surface area contributed by atoms with Crippen LogP contribution in [0.1, 0.15) is 102 Å². The van der Waals surface area contributed by atoms with Gasteiger partial charge in [-0.3, -0.25) is 0 Å². The van der Waals surface area contributed by atoms with Crippen LogP contribution in [0.25, 0.3) is 5.57 Å². The predicted octanol–water partition coefficient (Wildman–Crippen LogP) is 6.80. The zero-order chi connectivity index (χ0) is 36.1. The molecule has 4 aromatic carbocycles. The van der Waals surface area contributed by atoms with Gasteiger partial charge in [-0.25, -0.2) is 18.1 Å². The fourth-order valence-electron chi connectivity index (χ4n) is 9.50. The van der Waals surface area contributed by atoms with E-state index >= 15 is 0 Å². The summed E-state index contributed by atoms with van der Waals surface area (Å²) in [5, 5.41) is 0. The average Bonchev–Trinajstić information content (AvgIpc) is 3.81. The van der Waals surface area contributed by atoms with E-state index in [2.05, 4.69) is 174 Å². The Hall–Kier alpha value is -2.74. The summed E-state index contributed by atoms with van der Waals surface area (Å²) in [6.07, 6.45) is 8.50. The molecule has 2 atom stereocenters. The van der Waals surface area contributed by atoms with Crippen LogP contribution in [0.3, 0.4) is 0 Å². The third-order valence-corrected chi connectivity index (χ3v) is 14.9. The average molecular weight is 764 g/mol. The summed E-state index contributed by atoms with van der Waals surface area (Å²) >= 11 is 2.18. The maximum absolute atomic E-state index is 2.62. The van der Waals surface area contributed by atoms with Gasteiger partial charge in [0.25, 0.3) is 0 Å². The van der Waals surface area contributed by atoms with Crippen LogP contribution in [0.5, 0.6) is 0 Å². The van der Waals surface area contributed by atoms with Gasteiger partial charge in [-0.2, -0.15) is 29.3 Å². The largest absolute Gasteiger partial charge is 1.00 e. The van der Waals surface area contributed by atoms with Crippen molar-refractivity contribution < 1.29 is 44.8 Å². The Morgan fingerprint density at radius 1 is 0.731 bits per heavy atom. The summed E-state index contributed by atoms with van der Waals surface area (Å²) in [7, 11) is 0. The van der Waals surface area contributed by atoms with Crippen LogP contribution in [0.2, 0.25) is 0 Å². The van der Waals surface area contributed by atoms with E-state index in [-0.39, 0.29) is 46.5 Å². The minimum atomic E-state index is 0. The molecule has 0 aromatic heterocycles. The van der Waals surface area contributed by atoms with Crippen LogP contribution in [0, 0.1) is 47.3 Å². The number of fused-ring (bicyclic) bond motifs is 6. The van der Waals surface area contributed by atoms with Crippen molar-refractivity contribution in [3.8, 4) is 0 Å². The van der Waals surface area contributed by atoms with Gasteiger partial charge in [-0.15, -0.1) is 6.92 Å². The molecule has 0 saturated heterocycles. The Bertz CT molecular complexity index is 1880. The van der Waals surface area contributed by atoms with Gasteiger partial charge in [0.05, 0.1) is 0 Å². The second-order valence-electron chi connectivity index (χ2n) is 16.8. The Balaban J connectivity index is 0.000000221. The SMILES string of the molecule is C[C-]1C2=C3Cc4ccccc4C3=C3C=CCCC3C2(C)C(C)(C)C(C)(C)C1(C)C.Cc1ccc([C](=[Ti+2])c2ccc(C)cc2)cc1.[Cl-].[Cl-].c1cc[cH-]c1. The van der Waals surface area contributed by atoms with Crippen molar-refractivity contribution in [3.63, 3.8) is 0 Å². The summed E-state index contributed by atoms with van der Waals surface area (Å²) in [6.45, 7) is 24.5. The van der Waals surface area contributed by atoms with E-state index in [4.69, 9.17) is 0 Å². The molecule has 0 bridgehead atoms. The van der Waals surface area contributed by atoms with Crippen LogP contribution in [0.4, 0.5) is 0 Å². The third-order valence-electron chi connectivity index (χ3n) is 14.0. The van der Waals surface area contributed by atoms with Gasteiger partial charge >= 0.3 is 108 Å². The van der Waals surface area contributed by atoms with Gasteiger partial charge in [0, 0.05) is 0 Å². The van der Waals surface area contributed by atoms with Crippen LogP contribution < -0.4 is 24.8 Å². The third kappa shape index (κ3) is 6.88. The second kappa shape index (κ2) is 15.9. The summed E-state index contributed by atoms with van der Waals surface area (Å²) in [5.41, 5.74) is 15.5. The summed E-state index contributed by atoms with van der Waals surface area (Å²) in [6, 6.07) is 36.5. The molecule has 0 spiro atoms. The summed E-state index contributed by atoms with van der Waals surface area (Å²) < 4.78 is 1.33. The molecule has 3 heteroatoms. The molecule has 1 saturated carbocycles. The van der Waals surface area contributed by atoms with Crippen LogP contribution in [0.15, 0.2) is 132 Å². The first-order valence-electron chi connectivity index (χ1n) is 18.6. The smallest absolute Gasteiger partial charge is 0.172 e. The number of halogens is 2. The molecule has 4 aliphatic carbocycles. The molecule has 0 nitrogen and oxygen atoms in total. The van der Waals surface area contributed by atoms with E-state index in [1.165, 1.54) is 50.0 Å². The van der Waals surface area contributed by atoms with E-state index in [9.17, 15) is 0 Å². The maximum atomic E-state index is 2.62. The minimum absolute atomic E-state index is 0. The molecule has 1 fully saturated rings. The maximum Gasteiger partial charge on any atom is -0.172 e. The quantitative estimate of drug-likeness (QED) is 0.156. The Labute approximate surface area is 339 Å². The fraction of sp³-hybridized carbons (Fsp3) is 0.367. The van der Waals surface area contributed by atoms with E-state index in [1.807, 2.05) is 30.3 Å². The van der Waals surface area contributed by atoms with E-state index in [0.29, 0.717) is 5.92 Å². The molecule has 4 aliphatic rings. The standard InChI is InChI=1S/C29H37.C15H14.C5H5.2ClH.Ti/c1-18-25-22-17-19-13-9-10-14-20(19)24(22)21-15-11-12-16-23(21)29(25,8)28(6,7)27(4,5)26(18,2)3;1-12-3-7-14(8-4-12)11-15-9-5-13(2)6-10-15;1-2-4-5-3-1;;;/h9-11,13-15,23H,12,16-17H2,1-8H3;3-10H,1-2H3;1-5H;2*1H;/q-1;;-1;;;+2/p-2. The number of hydrogen-bond acceptors (Lipinski definition) is 0. The molecular weight excluding hydrogens is 707 g/mol. The van der Waals surface area contributed by atoms with Gasteiger partial charge in [-0.1, -0.05) is 113 Å². The molecule has 0 amide bonds. The van der Waals surface area contributed by atoms with Gasteiger partial charge in [0.15, 0.2) is 0 Å². The van der Waals surface area contributed by atoms with E-state index in [1.54, 1.807) is 28.2 Å². The Kier molecular flexibility index (Phi) is 12.9. The summed E-state index contributed by atoms with van der Waals surface area (Å²) in [5.74, 6) is 2.24. The first-order valence-corrected chi connectivity index (χ1v) is 19.4. The second-order valence-corrected chi connectivity index (χ2v) is 17.6. The number of aryl methyl sites for hydroxylation is 2. The van der Waals surface area contributed by atoms with E-state index in [0.717, 1.165) is 6.42 Å². The van der Waals surface area contributed by atoms with Gasteiger partial charge in [0.2, 0.25) is 0 Å². The fourth-order valence-corrected chi connectivity index (χ4v) is 10.0. The zero-order valence-electron chi connectivity index (χ0n) is 32.9. The molecule has 52 heavy (non-hydrogen) atoms. The monoisotopic (exact) mass is 762 g/mol. The molecule has 0 radical (unpaired) electrons. The number of rotatable bonds is 2. The van der Waals surface area contributed by atoms with Gasteiger partial charge in [-0.05, 0) is 40.6 Å². The molecule has 2 unspecified atom stereocenters. The van der Waals surface area contributed by atoms with Crippen LogP contribution in [-0.4, -0.2) is 3.81 Å². The predicted molar refractivity (Wildman–Crippen MR) is 212 cm³/mol. The first-order chi connectivity index (χ1) is 23.6. The van der Waals surface area contributed by atoms with Crippen molar-refractivity contribution in [1.82, 2.24) is 0 Å². The molecule has 4 aromatic rings.